The van der Waals surface area contributed by atoms with Crippen LogP contribution in [0.5, 0.6) is 0 Å². The topological polar surface area (TPSA) is 0 Å². The Morgan fingerprint density at radius 2 is 1.56 bits per heavy atom. The first-order chi connectivity index (χ1) is 8.66. The standard InChI is InChI=1S/C15H11ClF2/c16-13-8-6-11(7-9-13)10-14(15(17)18)12-4-2-1-3-5-12/h1-10,15H/b14-10-. The van der Waals surface area contributed by atoms with Crippen molar-refractivity contribution in [2.24, 2.45) is 0 Å². The van der Waals surface area contributed by atoms with E-state index in [1.165, 1.54) is 6.08 Å². The van der Waals surface area contributed by atoms with Gasteiger partial charge in [0.15, 0.2) is 0 Å². The Balaban J connectivity index is 2.39. The number of benzene rings is 2. The van der Waals surface area contributed by atoms with Crippen molar-refractivity contribution in [2.45, 2.75) is 6.43 Å². The molecule has 92 valence electrons. The number of hydrogen-bond donors (Lipinski definition) is 0. The van der Waals surface area contributed by atoms with Crippen LogP contribution >= 0.6 is 11.6 Å². The van der Waals surface area contributed by atoms with Crippen LogP contribution in [-0.4, -0.2) is 6.43 Å². The predicted molar refractivity (Wildman–Crippen MR) is 71.8 cm³/mol. The fraction of sp³-hybridized carbons (Fsp3) is 0.0667. The van der Waals surface area contributed by atoms with Gasteiger partial charge in [0, 0.05) is 10.6 Å². The Bertz CT molecular complexity index is 530. The van der Waals surface area contributed by atoms with Crippen molar-refractivity contribution in [2.75, 3.05) is 0 Å². The van der Waals surface area contributed by atoms with Crippen LogP contribution in [0.15, 0.2) is 54.6 Å². The summed E-state index contributed by atoms with van der Waals surface area (Å²) in [4.78, 5) is 0. The van der Waals surface area contributed by atoms with Crippen LogP contribution in [0.4, 0.5) is 8.78 Å². The molecule has 0 radical (unpaired) electrons. The first-order valence-corrected chi connectivity index (χ1v) is 5.85. The van der Waals surface area contributed by atoms with Crippen molar-refractivity contribution in [3.05, 3.63) is 70.7 Å². The fourth-order valence-corrected chi connectivity index (χ4v) is 1.77. The van der Waals surface area contributed by atoms with Gasteiger partial charge in [-0.25, -0.2) is 8.78 Å². The number of rotatable bonds is 3. The summed E-state index contributed by atoms with van der Waals surface area (Å²) in [6, 6.07) is 15.4. The Labute approximate surface area is 110 Å². The maximum absolute atomic E-state index is 13.1. The second-order valence-corrected chi connectivity index (χ2v) is 4.25. The molecule has 3 heteroatoms. The molecule has 2 aromatic rings. The van der Waals surface area contributed by atoms with E-state index in [1.54, 1.807) is 54.6 Å². The molecule has 0 aliphatic rings. The van der Waals surface area contributed by atoms with E-state index < -0.39 is 6.43 Å². The van der Waals surface area contributed by atoms with Crippen molar-refractivity contribution in [3.8, 4) is 0 Å². The number of hydrogen-bond acceptors (Lipinski definition) is 0. The third-order valence-electron chi connectivity index (χ3n) is 2.53. The lowest BCUT2D eigenvalue weighted by molar-refractivity contribution is 0.216. The molecule has 0 spiro atoms. The molecule has 0 amide bonds. The van der Waals surface area contributed by atoms with E-state index in [-0.39, 0.29) is 5.57 Å². The molecule has 0 aliphatic carbocycles. The maximum atomic E-state index is 13.1. The molecule has 18 heavy (non-hydrogen) atoms. The molecule has 0 bridgehead atoms. The number of halogens is 3. The number of allylic oxidation sites excluding steroid dienone is 1. The van der Waals surface area contributed by atoms with E-state index in [0.717, 1.165) is 0 Å². The molecule has 0 saturated heterocycles. The molecular weight excluding hydrogens is 254 g/mol. The van der Waals surface area contributed by atoms with Crippen LogP contribution < -0.4 is 0 Å². The molecule has 0 atom stereocenters. The van der Waals surface area contributed by atoms with E-state index in [1.807, 2.05) is 0 Å². The highest BCUT2D eigenvalue weighted by Crippen LogP contribution is 2.25. The summed E-state index contributed by atoms with van der Waals surface area (Å²) in [6.45, 7) is 0. The molecule has 0 aromatic heterocycles. The lowest BCUT2D eigenvalue weighted by Crippen LogP contribution is -1.96. The molecule has 0 heterocycles. The molecular formula is C15H11ClF2. The van der Waals surface area contributed by atoms with Crippen molar-refractivity contribution in [1.82, 2.24) is 0 Å². The van der Waals surface area contributed by atoms with Crippen molar-refractivity contribution in [1.29, 1.82) is 0 Å². The van der Waals surface area contributed by atoms with Crippen LogP contribution in [0.25, 0.3) is 11.6 Å². The average molecular weight is 265 g/mol. The van der Waals surface area contributed by atoms with Crippen LogP contribution in [0.2, 0.25) is 5.02 Å². The Morgan fingerprint density at radius 3 is 2.11 bits per heavy atom. The summed E-state index contributed by atoms with van der Waals surface area (Å²) in [5.74, 6) is 0. The summed E-state index contributed by atoms with van der Waals surface area (Å²) in [6.07, 6.45) is -1.03. The van der Waals surface area contributed by atoms with E-state index in [0.29, 0.717) is 16.1 Å². The minimum atomic E-state index is -2.51. The van der Waals surface area contributed by atoms with Gasteiger partial charge in [-0.3, -0.25) is 0 Å². The van der Waals surface area contributed by atoms with E-state index in [4.69, 9.17) is 11.6 Å². The van der Waals surface area contributed by atoms with Gasteiger partial charge in [0.2, 0.25) is 0 Å². The van der Waals surface area contributed by atoms with Crippen LogP contribution in [-0.2, 0) is 0 Å². The van der Waals surface area contributed by atoms with Gasteiger partial charge in [0.1, 0.15) is 0 Å². The van der Waals surface area contributed by atoms with Gasteiger partial charge in [0.05, 0.1) is 0 Å². The summed E-state index contributed by atoms with van der Waals surface area (Å²) in [5.41, 5.74) is 1.25. The molecule has 0 saturated carbocycles. The van der Waals surface area contributed by atoms with Crippen LogP contribution in [0, 0.1) is 0 Å². The monoisotopic (exact) mass is 264 g/mol. The SMILES string of the molecule is FC(F)/C(=C\c1ccc(Cl)cc1)c1ccccc1. The minimum absolute atomic E-state index is 0.0120. The molecule has 0 N–H and O–H groups in total. The Morgan fingerprint density at radius 1 is 0.944 bits per heavy atom. The highest BCUT2D eigenvalue weighted by molar-refractivity contribution is 6.30. The quantitative estimate of drug-likeness (QED) is 0.673. The second-order valence-electron chi connectivity index (χ2n) is 3.82. The third kappa shape index (κ3) is 3.17. The van der Waals surface area contributed by atoms with Gasteiger partial charge in [-0.15, -0.1) is 0 Å². The Kier molecular flexibility index (Phi) is 4.11. The number of alkyl halides is 2. The molecule has 2 aromatic carbocycles. The van der Waals surface area contributed by atoms with E-state index in [9.17, 15) is 8.78 Å². The zero-order chi connectivity index (χ0) is 13.0. The summed E-state index contributed by atoms with van der Waals surface area (Å²) < 4.78 is 26.1. The predicted octanol–water partition coefficient (Wildman–Crippen LogP) is 5.15. The first kappa shape index (κ1) is 12.8. The summed E-state index contributed by atoms with van der Waals surface area (Å²) >= 11 is 5.76. The third-order valence-corrected chi connectivity index (χ3v) is 2.79. The molecule has 0 nitrogen and oxygen atoms in total. The van der Waals surface area contributed by atoms with E-state index in [2.05, 4.69) is 0 Å². The van der Waals surface area contributed by atoms with Crippen molar-refractivity contribution >= 4 is 23.3 Å². The fourth-order valence-electron chi connectivity index (χ4n) is 1.64. The second kappa shape index (κ2) is 5.78. The zero-order valence-electron chi connectivity index (χ0n) is 9.48. The lowest BCUT2D eigenvalue weighted by Gasteiger charge is -2.07. The smallest absolute Gasteiger partial charge is 0.205 e. The highest BCUT2D eigenvalue weighted by Gasteiger charge is 2.12. The largest absolute Gasteiger partial charge is 0.264 e. The average Bonchev–Trinajstić information content (AvgIpc) is 2.38. The van der Waals surface area contributed by atoms with E-state index >= 15 is 0 Å². The minimum Gasteiger partial charge on any atom is -0.205 e. The molecule has 0 fully saturated rings. The van der Waals surface area contributed by atoms with Crippen molar-refractivity contribution in [3.63, 3.8) is 0 Å². The van der Waals surface area contributed by atoms with Gasteiger partial charge in [-0.05, 0) is 29.3 Å². The Hall–Kier alpha value is -1.67. The summed E-state index contributed by atoms with van der Waals surface area (Å²) in [7, 11) is 0. The summed E-state index contributed by atoms with van der Waals surface area (Å²) in [5, 5.41) is 0.588. The van der Waals surface area contributed by atoms with Crippen LogP contribution in [0.1, 0.15) is 11.1 Å². The van der Waals surface area contributed by atoms with Crippen molar-refractivity contribution < 1.29 is 8.78 Å². The molecule has 0 aliphatic heterocycles. The lowest BCUT2D eigenvalue weighted by atomic mass is 10.0. The highest BCUT2D eigenvalue weighted by atomic mass is 35.5. The molecule has 0 unspecified atom stereocenters. The maximum Gasteiger partial charge on any atom is 0.264 e. The van der Waals surface area contributed by atoms with Gasteiger partial charge in [-0.1, -0.05) is 54.1 Å². The zero-order valence-corrected chi connectivity index (χ0v) is 10.2. The normalized spacial score (nSPS) is 11.9. The van der Waals surface area contributed by atoms with Gasteiger partial charge in [0.25, 0.3) is 6.43 Å². The van der Waals surface area contributed by atoms with Gasteiger partial charge < -0.3 is 0 Å². The van der Waals surface area contributed by atoms with Crippen LogP contribution in [0.3, 0.4) is 0 Å². The van der Waals surface area contributed by atoms with Gasteiger partial charge >= 0.3 is 0 Å². The molecule has 2 rings (SSSR count). The van der Waals surface area contributed by atoms with Gasteiger partial charge in [-0.2, -0.15) is 0 Å². The first-order valence-electron chi connectivity index (χ1n) is 5.47.